The van der Waals surface area contributed by atoms with Gasteiger partial charge in [0.15, 0.2) is 0 Å². The fourth-order valence-electron chi connectivity index (χ4n) is 3.72. The summed E-state index contributed by atoms with van der Waals surface area (Å²) >= 11 is 1.46. The summed E-state index contributed by atoms with van der Waals surface area (Å²) in [5.41, 5.74) is 1.54. The highest BCUT2D eigenvalue weighted by Crippen LogP contribution is 2.41. The van der Waals surface area contributed by atoms with Gasteiger partial charge in [-0.25, -0.2) is 0 Å². The maximum atomic E-state index is 13.0. The first-order valence-electron chi connectivity index (χ1n) is 9.89. The summed E-state index contributed by atoms with van der Waals surface area (Å²) in [5.74, 6) is -0.534. The van der Waals surface area contributed by atoms with Crippen molar-refractivity contribution in [3.05, 3.63) is 57.3 Å². The van der Waals surface area contributed by atoms with Crippen LogP contribution in [0.1, 0.15) is 48.2 Å². The first kappa shape index (κ1) is 22.1. The van der Waals surface area contributed by atoms with Crippen LogP contribution in [0.2, 0.25) is 0 Å². The lowest BCUT2D eigenvalue weighted by Gasteiger charge is -2.24. The summed E-state index contributed by atoms with van der Waals surface area (Å²) in [6.07, 6.45) is 0.603. The second-order valence-corrected chi connectivity index (χ2v) is 8.44. The number of carbonyl (C=O) groups is 2. The highest BCUT2D eigenvalue weighted by Gasteiger charge is 2.46. The normalized spacial score (nSPS) is 18.4. The van der Waals surface area contributed by atoms with E-state index < -0.39 is 17.7 Å². The number of Topliss-reactive ketones (excluding diaryl/α,β-unsaturated/α-hetero) is 1. The summed E-state index contributed by atoms with van der Waals surface area (Å²) in [6, 6.07) is 8.46. The minimum Gasteiger partial charge on any atom is -0.507 e. The smallest absolute Gasteiger partial charge is 0.295 e. The molecule has 1 fully saturated rings. The highest BCUT2D eigenvalue weighted by atomic mass is 32.1. The minimum absolute atomic E-state index is 0.125. The van der Waals surface area contributed by atoms with Gasteiger partial charge >= 0.3 is 0 Å². The fraction of sp³-hybridized carbons (Fsp3) is 0.391. The maximum Gasteiger partial charge on any atom is 0.295 e. The maximum absolute atomic E-state index is 13.0. The van der Waals surface area contributed by atoms with Crippen molar-refractivity contribution >= 4 is 28.8 Å². The summed E-state index contributed by atoms with van der Waals surface area (Å²) < 4.78 is 10.5. The van der Waals surface area contributed by atoms with Crippen molar-refractivity contribution in [2.24, 2.45) is 0 Å². The second kappa shape index (κ2) is 9.45. The average Bonchev–Trinajstić information content (AvgIpc) is 3.35. The molecule has 1 aromatic heterocycles. The Morgan fingerprint density at radius 2 is 2.00 bits per heavy atom. The lowest BCUT2D eigenvalue weighted by Crippen LogP contribution is -2.31. The number of hydrogen-bond acceptors (Lipinski definition) is 6. The van der Waals surface area contributed by atoms with Gasteiger partial charge in [0, 0.05) is 30.7 Å². The van der Waals surface area contributed by atoms with E-state index in [1.54, 1.807) is 26.4 Å². The molecule has 1 N–H and O–H groups in total. The number of thiophene rings is 1. The van der Waals surface area contributed by atoms with Crippen LogP contribution in [0, 0.1) is 0 Å². The predicted octanol–water partition coefficient (Wildman–Crippen LogP) is 4.34. The molecule has 1 aliphatic rings. The van der Waals surface area contributed by atoms with Crippen molar-refractivity contribution in [2.45, 2.75) is 32.2 Å². The number of nitrogens with zero attached hydrogens (tertiary/aromatic N) is 1. The Bertz CT molecular complexity index is 949. The van der Waals surface area contributed by atoms with Gasteiger partial charge < -0.3 is 19.5 Å². The van der Waals surface area contributed by atoms with Crippen LogP contribution in [-0.4, -0.2) is 49.1 Å². The molecule has 1 aliphatic heterocycles. The molecule has 1 unspecified atom stereocenters. The van der Waals surface area contributed by atoms with Crippen molar-refractivity contribution in [2.75, 3.05) is 27.4 Å². The Balaban J connectivity index is 2.11. The third-order valence-electron chi connectivity index (χ3n) is 5.23. The first-order chi connectivity index (χ1) is 14.4. The summed E-state index contributed by atoms with van der Waals surface area (Å²) in [4.78, 5) is 28.1. The number of methoxy groups -OCH3 is 2. The average molecular weight is 430 g/mol. The molecule has 30 heavy (non-hydrogen) atoms. The number of aliphatic hydroxyl groups is 1. The van der Waals surface area contributed by atoms with Crippen molar-refractivity contribution in [3.63, 3.8) is 0 Å². The standard InChI is InChI=1S/C23H27NO5S/c1-14(2)16-13-15(8-9-17(16)29-4)21(25)19-20(18-7-5-12-30-18)24(10-6-11-28-3)23(27)22(19)26/h5,7-9,12-14,20,25H,6,10-11H2,1-4H3/b21-19-. The van der Waals surface area contributed by atoms with Gasteiger partial charge in [-0.05, 0) is 47.5 Å². The van der Waals surface area contributed by atoms with Gasteiger partial charge in [0.2, 0.25) is 0 Å². The first-order valence-corrected chi connectivity index (χ1v) is 10.8. The number of benzene rings is 1. The Hall–Kier alpha value is -2.64. The van der Waals surface area contributed by atoms with E-state index in [-0.39, 0.29) is 17.3 Å². The number of ether oxygens (including phenoxy) is 2. The van der Waals surface area contributed by atoms with Crippen molar-refractivity contribution in [1.29, 1.82) is 0 Å². The van der Waals surface area contributed by atoms with E-state index in [0.29, 0.717) is 25.1 Å². The van der Waals surface area contributed by atoms with E-state index in [0.717, 1.165) is 16.2 Å². The molecule has 1 atom stereocenters. The number of hydrogen-bond donors (Lipinski definition) is 1. The number of likely N-dealkylation sites (tertiary alicyclic amines) is 1. The number of aliphatic hydroxyl groups excluding tert-OH is 1. The fourth-order valence-corrected chi connectivity index (χ4v) is 4.57. The van der Waals surface area contributed by atoms with Gasteiger partial charge in [0.25, 0.3) is 11.7 Å². The van der Waals surface area contributed by atoms with Crippen LogP contribution in [0.4, 0.5) is 0 Å². The summed E-state index contributed by atoms with van der Waals surface area (Å²) in [7, 11) is 3.20. The largest absolute Gasteiger partial charge is 0.507 e. The van der Waals surface area contributed by atoms with Crippen LogP contribution in [-0.2, 0) is 14.3 Å². The Morgan fingerprint density at radius 1 is 1.23 bits per heavy atom. The van der Waals surface area contributed by atoms with Crippen LogP contribution >= 0.6 is 11.3 Å². The Morgan fingerprint density at radius 3 is 2.60 bits per heavy atom. The zero-order valence-corrected chi connectivity index (χ0v) is 18.5. The highest BCUT2D eigenvalue weighted by molar-refractivity contribution is 7.10. The molecule has 0 radical (unpaired) electrons. The van der Waals surface area contributed by atoms with Gasteiger partial charge in [-0.15, -0.1) is 11.3 Å². The molecule has 0 spiro atoms. The molecule has 0 saturated carbocycles. The molecule has 0 aliphatic carbocycles. The Labute approximate surface area is 180 Å². The second-order valence-electron chi connectivity index (χ2n) is 7.47. The van der Waals surface area contributed by atoms with E-state index in [2.05, 4.69) is 0 Å². The molecule has 2 heterocycles. The molecular formula is C23H27NO5S. The minimum atomic E-state index is -0.662. The van der Waals surface area contributed by atoms with Crippen molar-refractivity contribution in [3.8, 4) is 5.75 Å². The molecule has 1 saturated heterocycles. The number of rotatable bonds is 8. The van der Waals surface area contributed by atoms with Gasteiger partial charge in [-0.3, -0.25) is 9.59 Å². The van der Waals surface area contributed by atoms with Gasteiger partial charge in [0.1, 0.15) is 11.5 Å². The zero-order valence-electron chi connectivity index (χ0n) is 17.7. The lowest BCUT2D eigenvalue weighted by atomic mass is 9.95. The third kappa shape index (κ3) is 4.13. The van der Waals surface area contributed by atoms with Crippen molar-refractivity contribution in [1.82, 2.24) is 4.90 Å². The number of amides is 1. The number of carbonyl (C=O) groups excluding carboxylic acids is 2. The van der Waals surface area contributed by atoms with Crippen LogP contribution in [0.5, 0.6) is 5.75 Å². The summed E-state index contributed by atoms with van der Waals surface area (Å²) in [6.45, 7) is 4.91. The van der Waals surface area contributed by atoms with E-state index in [9.17, 15) is 14.7 Å². The van der Waals surface area contributed by atoms with Gasteiger partial charge in [-0.2, -0.15) is 0 Å². The molecule has 160 valence electrons. The summed E-state index contributed by atoms with van der Waals surface area (Å²) in [5, 5.41) is 13.1. The lowest BCUT2D eigenvalue weighted by molar-refractivity contribution is -0.140. The zero-order chi connectivity index (χ0) is 21.8. The predicted molar refractivity (Wildman–Crippen MR) is 117 cm³/mol. The monoisotopic (exact) mass is 429 g/mol. The van der Waals surface area contributed by atoms with Crippen LogP contribution in [0.3, 0.4) is 0 Å². The molecule has 0 bridgehead atoms. The SMILES string of the molecule is COCCCN1C(=O)C(=O)/C(=C(\O)c2ccc(OC)c(C(C)C)c2)C1c1cccs1. The number of ketones is 1. The van der Waals surface area contributed by atoms with Crippen LogP contribution in [0.25, 0.3) is 5.76 Å². The molecule has 6 nitrogen and oxygen atoms in total. The molecule has 1 amide bonds. The van der Waals surface area contributed by atoms with E-state index in [1.165, 1.54) is 16.2 Å². The molecular weight excluding hydrogens is 402 g/mol. The van der Waals surface area contributed by atoms with E-state index in [4.69, 9.17) is 9.47 Å². The molecule has 1 aromatic carbocycles. The van der Waals surface area contributed by atoms with Gasteiger partial charge in [0.05, 0.1) is 18.7 Å². The molecule has 7 heteroatoms. The Kier molecular flexibility index (Phi) is 6.95. The molecule has 3 rings (SSSR count). The topological polar surface area (TPSA) is 76.1 Å². The molecule has 2 aromatic rings. The van der Waals surface area contributed by atoms with E-state index in [1.807, 2.05) is 37.4 Å². The quantitative estimate of drug-likeness (QED) is 0.292. The van der Waals surface area contributed by atoms with Gasteiger partial charge in [-0.1, -0.05) is 19.9 Å². The van der Waals surface area contributed by atoms with Crippen molar-refractivity contribution < 1.29 is 24.2 Å². The van der Waals surface area contributed by atoms with E-state index >= 15 is 0 Å². The third-order valence-corrected chi connectivity index (χ3v) is 6.15. The van der Waals surface area contributed by atoms with Crippen LogP contribution in [0.15, 0.2) is 41.3 Å². The van der Waals surface area contributed by atoms with Crippen LogP contribution < -0.4 is 4.74 Å².